The number of ether oxygens (including phenoxy) is 1. The fraction of sp³-hybridized carbons (Fsp3) is 0.778. The molecule has 4 nitrogen and oxygen atoms in total. The molecule has 1 atom stereocenters. The summed E-state index contributed by atoms with van der Waals surface area (Å²) in [6.07, 6.45) is 1.77. The second-order valence-electron chi connectivity index (χ2n) is 3.41. The fourth-order valence-electron chi connectivity index (χ4n) is 1.67. The SMILES string of the molecule is CC[C@]1(CCC(=O)O)CCOC1=O. The first kappa shape index (κ1) is 10.0. The molecule has 1 aliphatic heterocycles. The van der Waals surface area contributed by atoms with Crippen molar-refractivity contribution in [3.8, 4) is 0 Å². The lowest BCUT2D eigenvalue weighted by molar-refractivity contribution is -0.147. The second kappa shape index (κ2) is 3.77. The van der Waals surface area contributed by atoms with E-state index in [0.717, 1.165) is 0 Å². The molecule has 0 radical (unpaired) electrons. The molecule has 4 heteroatoms. The standard InChI is InChI=1S/C9H14O4/c1-2-9(4-3-7(10)11)5-6-13-8(9)12/h2-6H2,1H3,(H,10,11)/t9-/m0/s1. The first-order valence-corrected chi connectivity index (χ1v) is 4.50. The molecule has 1 rings (SSSR count). The molecule has 0 aromatic rings. The van der Waals surface area contributed by atoms with Crippen LogP contribution in [0.15, 0.2) is 0 Å². The molecule has 0 aromatic carbocycles. The van der Waals surface area contributed by atoms with E-state index in [1.807, 2.05) is 6.92 Å². The second-order valence-corrected chi connectivity index (χ2v) is 3.41. The van der Waals surface area contributed by atoms with Gasteiger partial charge in [-0.2, -0.15) is 0 Å². The Morgan fingerprint density at radius 1 is 1.69 bits per heavy atom. The van der Waals surface area contributed by atoms with Gasteiger partial charge in [0.2, 0.25) is 0 Å². The Morgan fingerprint density at radius 3 is 2.77 bits per heavy atom. The van der Waals surface area contributed by atoms with Gasteiger partial charge in [-0.25, -0.2) is 0 Å². The van der Waals surface area contributed by atoms with Gasteiger partial charge in [0.1, 0.15) is 0 Å². The fourth-order valence-corrected chi connectivity index (χ4v) is 1.67. The lowest BCUT2D eigenvalue weighted by atomic mass is 9.79. The van der Waals surface area contributed by atoms with Crippen LogP contribution in [0.2, 0.25) is 0 Å². The monoisotopic (exact) mass is 186 g/mol. The average molecular weight is 186 g/mol. The molecule has 74 valence electrons. The Kier molecular flexibility index (Phi) is 2.90. The summed E-state index contributed by atoms with van der Waals surface area (Å²) in [5.74, 6) is -1.08. The van der Waals surface area contributed by atoms with Crippen molar-refractivity contribution in [2.24, 2.45) is 5.41 Å². The molecule has 1 aliphatic rings. The van der Waals surface area contributed by atoms with Gasteiger partial charge in [-0.3, -0.25) is 9.59 Å². The van der Waals surface area contributed by atoms with Crippen molar-refractivity contribution in [1.29, 1.82) is 0 Å². The van der Waals surface area contributed by atoms with Gasteiger partial charge >= 0.3 is 11.9 Å². The van der Waals surface area contributed by atoms with E-state index in [1.165, 1.54) is 0 Å². The third kappa shape index (κ3) is 1.99. The number of esters is 1. The highest BCUT2D eigenvalue weighted by atomic mass is 16.5. The Bertz CT molecular complexity index is 224. The molecule has 0 amide bonds. The lowest BCUT2D eigenvalue weighted by Crippen LogP contribution is -2.26. The first-order chi connectivity index (χ1) is 6.10. The van der Waals surface area contributed by atoms with Crippen LogP contribution in [0.4, 0.5) is 0 Å². The predicted molar refractivity (Wildman–Crippen MR) is 45.2 cm³/mol. The van der Waals surface area contributed by atoms with Gasteiger partial charge in [0.25, 0.3) is 0 Å². The molecular formula is C9H14O4. The summed E-state index contributed by atoms with van der Waals surface area (Å²) < 4.78 is 4.86. The number of carboxylic acids is 1. The maximum atomic E-state index is 11.3. The van der Waals surface area contributed by atoms with Gasteiger partial charge in [-0.1, -0.05) is 6.92 Å². The summed E-state index contributed by atoms with van der Waals surface area (Å²) in [5.41, 5.74) is -0.515. The van der Waals surface area contributed by atoms with Crippen molar-refractivity contribution < 1.29 is 19.4 Å². The largest absolute Gasteiger partial charge is 0.481 e. The minimum Gasteiger partial charge on any atom is -0.481 e. The van der Waals surface area contributed by atoms with Crippen LogP contribution in [0.3, 0.4) is 0 Å². The summed E-state index contributed by atoms with van der Waals surface area (Å²) in [4.78, 5) is 21.7. The summed E-state index contributed by atoms with van der Waals surface area (Å²) >= 11 is 0. The van der Waals surface area contributed by atoms with Crippen molar-refractivity contribution in [3.05, 3.63) is 0 Å². The summed E-state index contributed by atoms with van der Waals surface area (Å²) in [6.45, 7) is 2.33. The summed E-state index contributed by atoms with van der Waals surface area (Å²) in [5, 5.41) is 8.52. The topological polar surface area (TPSA) is 63.6 Å². The third-order valence-corrected chi connectivity index (χ3v) is 2.74. The minimum absolute atomic E-state index is 0.0446. The number of carbonyl (C=O) groups is 2. The molecule has 0 bridgehead atoms. The molecule has 0 aromatic heterocycles. The maximum Gasteiger partial charge on any atom is 0.312 e. The number of cyclic esters (lactones) is 1. The first-order valence-electron chi connectivity index (χ1n) is 4.50. The van der Waals surface area contributed by atoms with E-state index in [1.54, 1.807) is 0 Å². The van der Waals surface area contributed by atoms with Crippen LogP contribution in [-0.4, -0.2) is 23.7 Å². The van der Waals surface area contributed by atoms with Crippen LogP contribution in [-0.2, 0) is 14.3 Å². The van der Waals surface area contributed by atoms with E-state index >= 15 is 0 Å². The van der Waals surface area contributed by atoms with Gasteiger partial charge in [0.05, 0.1) is 12.0 Å². The van der Waals surface area contributed by atoms with Crippen LogP contribution >= 0.6 is 0 Å². The average Bonchev–Trinajstić information content (AvgIpc) is 2.45. The zero-order chi connectivity index (χ0) is 9.90. The van der Waals surface area contributed by atoms with Gasteiger partial charge in [0.15, 0.2) is 0 Å². The number of hydrogen-bond acceptors (Lipinski definition) is 3. The Labute approximate surface area is 76.9 Å². The third-order valence-electron chi connectivity index (χ3n) is 2.74. The van der Waals surface area contributed by atoms with Crippen LogP contribution in [0.25, 0.3) is 0 Å². The van der Waals surface area contributed by atoms with Gasteiger partial charge in [-0.15, -0.1) is 0 Å². The van der Waals surface area contributed by atoms with Crippen LogP contribution < -0.4 is 0 Å². The Morgan fingerprint density at radius 2 is 2.38 bits per heavy atom. The number of aliphatic carboxylic acids is 1. The minimum atomic E-state index is -0.854. The van der Waals surface area contributed by atoms with E-state index < -0.39 is 11.4 Å². The molecule has 0 saturated carbocycles. The molecule has 1 heterocycles. The van der Waals surface area contributed by atoms with Crippen molar-refractivity contribution >= 4 is 11.9 Å². The Balaban J connectivity index is 2.59. The van der Waals surface area contributed by atoms with Crippen LogP contribution in [0, 0.1) is 5.41 Å². The number of carboxylic acid groups (broad SMARTS) is 1. The van der Waals surface area contributed by atoms with Crippen molar-refractivity contribution in [2.75, 3.05) is 6.61 Å². The number of rotatable bonds is 4. The predicted octanol–water partition coefficient (Wildman–Crippen LogP) is 1.19. The van der Waals surface area contributed by atoms with E-state index in [9.17, 15) is 9.59 Å². The zero-order valence-corrected chi connectivity index (χ0v) is 7.71. The Hall–Kier alpha value is -1.06. The molecule has 1 saturated heterocycles. The van der Waals surface area contributed by atoms with Crippen molar-refractivity contribution in [1.82, 2.24) is 0 Å². The highest BCUT2D eigenvalue weighted by Crippen LogP contribution is 2.37. The van der Waals surface area contributed by atoms with Crippen LogP contribution in [0.1, 0.15) is 32.6 Å². The van der Waals surface area contributed by atoms with Crippen molar-refractivity contribution in [3.63, 3.8) is 0 Å². The van der Waals surface area contributed by atoms with Gasteiger partial charge in [-0.05, 0) is 19.3 Å². The highest BCUT2D eigenvalue weighted by Gasteiger charge is 2.42. The smallest absolute Gasteiger partial charge is 0.312 e. The lowest BCUT2D eigenvalue weighted by Gasteiger charge is -2.21. The van der Waals surface area contributed by atoms with Crippen LogP contribution in [0.5, 0.6) is 0 Å². The van der Waals surface area contributed by atoms with Gasteiger partial charge in [0, 0.05) is 6.42 Å². The summed E-state index contributed by atoms with van der Waals surface area (Å²) in [6, 6.07) is 0. The van der Waals surface area contributed by atoms with E-state index in [0.29, 0.717) is 25.9 Å². The van der Waals surface area contributed by atoms with E-state index in [2.05, 4.69) is 0 Å². The van der Waals surface area contributed by atoms with E-state index in [-0.39, 0.29) is 12.4 Å². The highest BCUT2D eigenvalue weighted by molar-refractivity contribution is 5.79. The molecule has 13 heavy (non-hydrogen) atoms. The summed E-state index contributed by atoms with van der Waals surface area (Å²) in [7, 11) is 0. The van der Waals surface area contributed by atoms with Gasteiger partial charge < -0.3 is 9.84 Å². The molecule has 1 fully saturated rings. The molecule has 0 unspecified atom stereocenters. The number of hydrogen-bond donors (Lipinski definition) is 1. The van der Waals surface area contributed by atoms with E-state index in [4.69, 9.17) is 9.84 Å². The molecule has 1 N–H and O–H groups in total. The molecular weight excluding hydrogens is 172 g/mol. The zero-order valence-electron chi connectivity index (χ0n) is 7.71. The van der Waals surface area contributed by atoms with Crippen molar-refractivity contribution in [2.45, 2.75) is 32.6 Å². The quantitative estimate of drug-likeness (QED) is 0.670. The molecule has 0 spiro atoms. The maximum absolute atomic E-state index is 11.3. The normalized spacial score (nSPS) is 27.3. The number of carbonyl (C=O) groups excluding carboxylic acids is 1. The molecule has 0 aliphatic carbocycles.